The summed E-state index contributed by atoms with van der Waals surface area (Å²) in [4.78, 5) is 6.63. The van der Waals surface area contributed by atoms with Gasteiger partial charge in [0.15, 0.2) is 0 Å². The summed E-state index contributed by atoms with van der Waals surface area (Å²) in [7, 11) is 1.64. The highest BCUT2D eigenvalue weighted by Gasteiger charge is 2.20. The van der Waals surface area contributed by atoms with Crippen LogP contribution in [0.2, 0.25) is 0 Å². The molecule has 0 bridgehead atoms. The van der Waals surface area contributed by atoms with Crippen molar-refractivity contribution in [3.63, 3.8) is 0 Å². The number of rotatable bonds is 5. The summed E-state index contributed by atoms with van der Waals surface area (Å²) in [5.41, 5.74) is 0. The Labute approximate surface area is 107 Å². The molecule has 0 atom stereocenters. The number of aliphatic hydroxyl groups is 1. The van der Waals surface area contributed by atoms with Gasteiger partial charge in [-0.05, 0) is 25.0 Å². The van der Waals surface area contributed by atoms with Crippen molar-refractivity contribution in [2.45, 2.75) is 18.9 Å². The van der Waals surface area contributed by atoms with Crippen LogP contribution in [0, 0.1) is 0 Å². The van der Waals surface area contributed by atoms with E-state index < -0.39 is 0 Å². The predicted octanol–water partition coefficient (Wildman–Crippen LogP) is 1.07. The summed E-state index contributed by atoms with van der Waals surface area (Å²) in [5, 5.41) is 8.72. The minimum atomic E-state index is 0.0975. The Morgan fingerprint density at radius 3 is 2.72 bits per heavy atom. The fourth-order valence-corrected chi connectivity index (χ4v) is 2.15. The van der Waals surface area contributed by atoms with Crippen molar-refractivity contribution < 1.29 is 14.6 Å². The zero-order valence-corrected chi connectivity index (χ0v) is 10.7. The number of methoxy groups -OCH3 is 1. The topological polar surface area (TPSA) is 54.8 Å². The number of nitrogens with zero attached hydrogens (tertiary/aromatic N) is 2. The minimum Gasteiger partial charge on any atom is -0.495 e. The molecule has 1 aliphatic rings. The zero-order valence-electron chi connectivity index (χ0n) is 10.7. The first-order valence-electron chi connectivity index (χ1n) is 6.31. The van der Waals surface area contributed by atoms with E-state index in [9.17, 15) is 0 Å². The Morgan fingerprint density at radius 2 is 2.17 bits per heavy atom. The second kappa shape index (κ2) is 6.56. The summed E-state index contributed by atoms with van der Waals surface area (Å²) < 4.78 is 10.6. The first-order chi connectivity index (χ1) is 8.83. The van der Waals surface area contributed by atoms with Gasteiger partial charge in [-0.25, -0.2) is 4.98 Å². The maximum Gasteiger partial charge on any atom is 0.137 e. The smallest absolute Gasteiger partial charge is 0.137 e. The molecule has 1 saturated heterocycles. The van der Waals surface area contributed by atoms with Crippen LogP contribution in [0.3, 0.4) is 0 Å². The maximum absolute atomic E-state index is 8.72. The van der Waals surface area contributed by atoms with E-state index in [4.69, 9.17) is 14.6 Å². The molecule has 100 valence electrons. The summed E-state index contributed by atoms with van der Waals surface area (Å²) in [6, 6.07) is 3.91. The van der Waals surface area contributed by atoms with Crippen molar-refractivity contribution in [2.24, 2.45) is 0 Å². The third-order valence-electron chi connectivity index (χ3n) is 3.17. The number of pyridine rings is 1. The molecule has 1 aromatic heterocycles. The van der Waals surface area contributed by atoms with Gasteiger partial charge in [0.25, 0.3) is 0 Å². The second-order valence-electron chi connectivity index (χ2n) is 4.34. The highest BCUT2D eigenvalue weighted by atomic mass is 16.5. The highest BCUT2D eigenvalue weighted by Crippen LogP contribution is 2.21. The van der Waals surface area contributed by atoms with Crippen molar-refractivity contribution in [3.05, 3.63) is 18.3 Å². The molecule has 1 N–H and O–H groups in total. The molecule has 0 unspecified atom stereocenters. The Morgan fingerprint density at radius 1 is 1.39 bits per heavy atom. The normalized spacial score (nSPS) is 16.9. The number of hydrogen-bond acceptors (Lipinski definition) is 5. The van der Waals surface area contributed by atoms with Crippen molar-refractivity contribution in [1.29, 1.82) is 0 Å². The van der Waals surface area contributed by atoms with E-state index in [2.05, 4.69) is 9.88 Å². The van der Waals surface area contributed by atoms with Crippen LogP contribution >= 0.6 is 0 Å². The minimum absolute atomic E-state index is 0.0975. The number of piperidine rings is 1. The fraction of sp³-hybridized carbons (Fsp3) is 0.615. The van der Waals surface area contributed by atoms with E-state index in [1.165, 1.54) is 0 Å². The monoisotopic (exact) mass is 252 g/mol. The standard InChI is InChI=1S/C13H20N2O3/c1-17-12-2-3-13(14-10-12)15-6-4-11(5-7-15)18-9-8-16/h2-3,10-11,16H,4-9H2,1H3. The molecule has 1 aliphatic heterocycles. The third-order valence-corrected chi connectivity index (χ3v) is 3.17. The van der Waals surface area contributed by atoms with E-state index in [1.807, 2.05) is 12.1 Å². The first-order valence-corrected chi connectivity index (χ1v) is 6.31. The lowest BCUT2D eigenvalue weighted by Gasteiger charge is -2.32. The average Bonchev–Trinajstić information content (AvgIpc) is 2.46. The SMILES string of the molecule is COc1ccc(N2CCC(OCCO)CC2)nc1. The van der Waals surface area contributed by atoms with Gasteiger partial charge in [-0.1, -0.05) is 0 Å². The highest BCUT2D eigenvalue weighted by molar-refractivity contribution is 5.41. The average molecular weight is 252 g/mol. The lowest BCUT2D eigenvalue weighted by Crippen LogP contribution is -2.37. The summed E-state index contributed by atoms with van der Waals surface area (Å²) >= 11 is 0. The van der Waals surface area contributed by atoms with Crippen LogP contribution in [-0.4, -0.2) is 49.6 Å². The largest absolute Gasteiger partial charge is 0.495 e. The molecule has 18 heavy (non-hydrogen) atoms. The molecule has 0 spiro atoms. The first kappa shape index (κ1) is 13.1. The van der Waals surface area contributed by atoms with E-state index in [1.54, 1.807) is 13.3 Å². The summed E-state index contributed by atoms with van der Waals surface area (Å²) in [6.07, 6.45) is 3.97. The van der Waals surface area contributed by atoms with E-state index in [-0.39, 0.29) is 12.7 Å². The molecule has 2 heterocycles. The van der Waals surface area contributed by atoms with Crippen molar-refractivity contribution in [1.82, 2.24) is 4.98 Å². The van der Waals surface area contributed by atoms with Gasteiger partial charge < -0.3 is 19.5 Å². The Kier molecular flexibility index (Phi) is 4.78. The fourth-order valence-electron chi connectivity index (χ4n) is 2.15. The summed E-state index contributed by atoms with van der Waals surface area (Å²) in [6.45, 7) is 2.41. The van der Waals surface area contributed by atoms with Gasteiger partial charge >= 0.3 is 0 Å². The second-order valence-corrected chi connectivity index (χ2v) is 4.34. The summed E-state index contributed by atoms with van der Waals surface area (Å²) in [5.74, 6) is 1.76. The predicted molar refractivity (Wildman–Crippen MR) is 69.1 cm³/mol. The molecule has 0 aromatic carbocycles. The Bertz CT molecular complexity index is 348. The van der Waals surface area contributed by atoms with E-state index in [0.717, 1.165) is 37.5 Å². The van der Waals surface area contributed by atoms with Crippen LogP contribution < -0.4 is 9.64 Å². The molecular weight excluding hydrogens is 232 g/mol. The van der Waals surface area contributed by atoms with Gasteiger partial charge in [0.2, 0.25) is 0 Å². The van der Waals surface area contributed by atoms with Crippen molar-refractivity contribution in [2.75, 3.05) is 38.3 Å². The van der Waals surface area contributed by atoms with Crippen LogP contribution in [0.15, 0.2) is 18.3 Å². The van der Waals surface area contributed by atoms with Crippen LogP contribution in [0.1, 0.15) is 12.8 Å². The van der Waals surface area contributed by atoms with Gasteiger partial charge in [0.1, 0.15) is 11.6 Å². The molecule has 0 amide bonds. The number of anilines is 1. The number of ether oxygens (including phenoxy) is 2. The van der Waals surface area contributed by atoms with Gasteiger partial charge in [-0.15, -0.1) is 0 Å². The van der Waals surface area contributed by atoms with Gasteiger partial charge in [0.05, 0.1) is 32.6 Å². The third kappa shape index (κ3) is 3.34. The van der Waals surface area contributed by atoms with Crippen LogP contribution in [0.4, 0.5) is 5.82 Å². The molecule has 0 aliphatic carbocycles. The Balaban J connectivity index is 1.84. The van der Waals surface area contributed by atoms with E-state index in [0.29, 0.717) is 6.61 Å². The number of aromatic nitrogens is 1. The van der Waals surface area contributed by atoms with Gasteiger partial charge in [-0.3, -0.25) is 0 Å². The molecule has 2 rings (SSSR count). The molecule has 1 aromatic rings. The molecule has 5 heteroatoms. The van der Waals surface area contributed by atoms with Crippen molar-refractivity contribution >= 4 is 5.82 Å². The van der Waals surface area contributed by atoms with Crippen molar-refractivity contribution in [3.8, 4) is 5.75 Å². The maximum atomic E-state index is 8.72. The lowest BCUT2D eigenvalue weighted by atomic mass is 10.1. The van der Waals surface area contributed by atoms with Crippen LogP contribution in [0.25, 0.3) is 0 Å². The molecular formula is C13H20N2O3. The van der Waals surface area contributed by atoms with Gasteiger partial charge in [-0.2, -0.15) is 0 Å². The number of hydrogen-bond donors (Lipinski definition) is 1. The number of aliphatic hydroxyl groups excluding tert-OH is 1. The van der Waals surface area contributed by atoms with E-state index >= 15 is 0 Å². The molecule has 0 radical (unpaired) electrons. The quantitative estimate of drug-likeness (QED) is 0.849. The molecule has 1 fully saturated rings. The Hall–Kier alpha value is -1.33. The molecule has 5 nitrogen and oxygen atoms in total. The van der Waals surface area contributed by atoms with Crippen LogP contribution in [-0.2, 0) is 4.74 Å². The lowest BCUT2D eigenvalue weighted by molar-refractivity contribution is 0.0158. The van der Waals surface area contributed by atoms with Crippen LogP contribution in [0.5, 0.6) is 5.75 Å². The van der Waals surface area contributed by atoms with Gasteiger partial charge in [0, 0.05) is 13.1 Å². The molecule has 0 saturated carbocycles. The zero-order chi connectivity index (χ0) is 12.8.